The molecule has 0 bridgehead atoms. The lowest BCUT2D eigenvalue weighted by Gasteiger charge is -2.35. The molecule has 0 aromatic carbocycles. The van der Waals surface area contributed by atoms with Crippen LogP contribution in [-0.2, 0) is 0 Å². The number of nitrogens with one attached hydrogen (secondary N) is 1. The van der Waals surface area contributed by atoms with Crippen molar-refractivity contribution >= 4 is 11.8 Å². The molecule has 20 heavy (non-hydrogen) atoms. The predicted octanol–water partition coefficient (Wildman–Crippen LogP) is 2.44. The summed E-state index contributed by atoms with van der Waals surface area (Å²) in [5, 5.41) is 22.6. The molecule has 2 rings (SSSR count). The fourth-order valence-electron chi connectivity index (χ4n) is 2.61. The molecule has 3 N–H and O–H groups in total. The van der Waals surface area contributed by atoms with Crippen LogP contribution >= 0.6 is 0 Å². The van der Waals surface area contributed by atoms with Gasteiger partial charge < -0.3 is 15.5 Å². The highest BCUT2D eigenvalue weighted by Crippen LogP contribution is 2.31. The number of carboxylic acid groups (broad SMARTS) is 1. The van der Waals surface area contributed by atoms with Gasteiger partial charge in [-0.25, -0.2) is 9.78 Å². The Labute approximate surface area is 119 Å². The molecule has 1 fully saturated rings. The van der Waals surface area contributed by atoms with E-state index in [0.717, 1.165) is 25.7 Å². The molecule has 0 atom stereocenters. The molecule has 1 heterocycles. The zero-order valence-electron chi connectivity index (χ0n) is 12.0. The Hall–Kier alpha value is -1.62. The number of anilines is 1. The maximum Gasteiger partial charge on any atom is 0.335 e. The average Bonchev–Trinajstić information content (AvgIpc) is 2.40. The summed E-state index contributed by atoms with van der Waals surface area (Å²) in [5.41, 5.74) is 0.155. The van der Waals surface area contributed by atoms with E-state index in [1.807, 2.05) is 0 Å². The van der Waals surface area contributed by atoms with E-state index in [1.54, 1.807) is 6.92 Å². The monoisotopic (exact) mass is 278 g/mol. The Bertz CT molecular complexity index is 494. The van der Waals surface area contributed by atoms with Gasteiger partial charge in [0.1, 0.15) is 5.82 Å². The van der Waals surface area contributed by atoms with Crippen molar-refractivity contribution < 1.29 is 15.0 Å². The van der Waals surface area contributed by atoms with E-state index in [4.69, 9.17) is 5.11 Å². The van der Waals surface area contributed by atoms with Crippen molar-refractivity contribution in [1.29, 1.82) is 0 Å². The van der Waals surface area contributed by atoms with Gasteiger partial charge in [-0.1, -0.05) is 6.92 Å². The fraction of sp³-hybridized carbons (Fsp3) is 0.600. The van der Waals surface area contributed by atoms with Gasteiger partial charge >= 0.3 is 5.97 Å². The number of pyridine rings is 1. The van der Waals surface area contributed by atoms with Crippen LogP contribution in [0.2, 0.25) is 0 Å². The lowest BCUT2D eigenvalue weighted by atomic mass is 9.79. The van der Waals surface area contributed by atoms with Crippen LogP contribution in [0.3, 0.4) is 0 Å². The first kappa shape index (κ1) is 14.8. The van der Waals surface area contributed by atoms with Crippen molar-refractivity contribution in [3.05, 3.63) is 23.4 Å². The summed E-state index contributed by atoms with van der Waals surface area (Å²) >= 11 is 0. The summed E-state index contributed by atoms with van der Waals surface area (Å²) in [6.07, 6.45) is 3.61. The summed E-state index contributed by atoms with van der Waals surface area (Å²) in [5.74, 6) is 0.212. The van der Waals surface area contributed by atoms with E-state index in [2.05, 4.69) is 17.2 Å². The molecule has 1 aliphatic carbocycles. The largest absolute Gasteiger partial charge is 0.478 e. The summed E-state index contributed by atoms with van der Waals surface area (Å²) < 4.78 is 0. The second kappa shape index (κ2) is 5.79. The summed E-state index contributed by atoms with van der Waals surface area (Å²) in [7, 11) is 0. The van der Waals surface area contributed by atoms with Crippen molar-refractivity contribution in [2.45, 2.75) is 45.1 Å². The fourth-order valence-corrected chi connectivity index (χ4v) is 2.61. The molecule has 110 valence electrons. The van der Waals surface area contributed by atoms with Crippen molar-refractivity contribution in [2.75, 3.05) is 11.9 Å². The SMILES string of the molecule is Cc1cc(C(=O)O)cc(NCC2(O)CCC(C)CC2)n1. The smallest absolute Gasteiger partial charge is 0.335 e. The van der Waals surface area contributed by atoms with Gasteiger partial charge in [0, 0.05) is 12.2 Å². The second-order valence-electron chi connectivity index (χ2n) is 5.95. The zero-order chi connectivity index (χ0) is 14.8. The molecule has 0 saturated heterocycles. The molecule has 0 amide bonds. The van der Waals surface area contributed by atoms with E-state index in [1.165, 1.54) is 12.1 Å². The van der Waals surface area contributed by atoms with Gasteiger partial charge in [-0.05, 0) is 50.7 Å². The topological polar surface area (TPSA) is 82.5 Å². The maximum atomic E-state index is 11.0. The number of carboxylic acids is 1. The number of carbonyl (C=O) groups is 1. The molecule has 1 aromatic heterocycles. The van der Waals surface area contributed by atoms with E-state index in [-0.39, 0.29) is 5.56 Å². The Morgan fingerprint density at radius 2 is 2.10 bits per heavy atom. The molecular formula is C15H22N2O3. The Morgan fingerprint density at radius 3 is 2.70 bits per heavy atom. The van der Waals surface area contributed by atoms with Gasteiger partial charge in [-0.3, -0.25) is 0 Å². The van der Waals surface area contributed by atoms with Gasteiger partial charge in [0.05, 0.1) is 11.2 Å². The van der Waals surface area contributed by atoms with Gasteiger partial charge in [0.2, 0.25) is 0 Å². The summed E-state index contributed by atoms with van der Waals surface area (Å²) in [6, 6.07) is 3.04. The van der Waals surface area contributed by atoms with Crippen molar-refractivity contribution in [3.63, 3.8) is 0 Å². The van der Waals surface area contributed by atoms with Crippen LogP contribution < -0.4 is 5.32 Å². The highest BCUT2D eigenvalue weighted by Gasteiger charge is 2.31. The lowest BCUT2D eigenvalue weighted by molar-refractivity contribution is 0.00494. The van der Waals surface area contributed by atoms with E-state index in [0.29, 0.717) is 24.0 Å². The van der Waals surface area contributed by atoms with Crippen LogP contribution in [0.1, 0.15) is 48.7 Å². The van der Waals surface area contributed by atoms with E-state index >= 15 is 0 Å². The highest BCUT2D eigenvalue weighted by molar-refractivity contribution is 5.88. The summed E-state index contributed by atoms with van der Waals surface area (Å²) in [4.78, 5) is 15.3. The Morgan fingerprint density at radius 1 is 1.45 bits per heavy atom. The average molecular weight is 278 g/mol. The zero-order valence-corrected chi connectivity index (χ0v) is 12.0. The normalized spacial score (nSPS) is 26.2. The summed E-state index contributed by atoms with van der Waals surface area (Å²) in [6.45, 7) is 4.37. The van der Waals surface area contributed by atoms with Crippen molar-refractivity contribution in [3.8, 4) is 0 Å². The number of aliphatic hydroxyl groups is 1. The number of aromatic carboxylic acids is 1. The van der Waals surface area contributed by atoms with Crippen molar-refractivity contribution in [1.82, 2.24) is 4.98 Å². The third kappa shape index (κ3) is 3.70. The van der Waals surface area contributed by atoms with Crippen LogP contribution in [0.4, 0.5) is 5.82 Å². The Balaban J connectivity index is 2.02. The molecular weight excluding hydrogens is 256 g/mol. The standard InChI is InChI=1S/C15H22N2O3/c1-10-3-5-15(20,6-4-10)9-16-13-8-12(14(18)19)7-11(2)17-13/h7-8,10,20H,3-6,9H2,1-2H3,(H,16,17)(H,18,19). The molecule has 0 radical (unpaired) electrons. The second-order valence-corrected chi connectivity index (χ2v) is 5.95. The van der Waals surface area contributed by atoms with Crippen molar-refractivity contribution in [2.24, 2.45) is 5.92 Å². The molecule has 1 aromatic rings. The minimum atomic E-state index is -0.969. The number of nitrogens with zero attached hydrogens (tertiary/aromatic N) is 1. The molecule has 5 nitrogen and oxygen atoms in total. The first-order chi connectivity index (χ1) is 9.38. The molecule has 0 aliphatic heterocycles. The predicted molar refractivity (Wildman–Crippen MR) is 77.0 cm³/mol. The lowest BCUT2D eigenvalue weighted by Crippen LogP contribution is -2.40. The molecule has 1 aliphatic rings. The first-order valence-electron chi connectivity index (χ1n) is 7.06. The first-order valence-corrected chi connectivity index (χ1v) is 7.06. The third-order valence-electron chi connectivity index (χ3n) is 4.00. The molecule has 1 saturated carbocycles. The van der Waals surface area contributed by atoms with Gasteiger partial charge in [0.25, 0.3) is 0 Å². The van der Waals surface area contributed by atoms with Gasteiger partial charge in [-0.2, -0.15) is 0 Å². The molecule has 0 unspecified atom stereocenters. The number of aromatic nitrogens is 1. The molecule has 5 heteroatoms. The van der Waals surface area contributed by atoms with Crippen LogP contribution in [0, 0.1) is 12.8 Å². The van der Waals surface area contributed by atoms with Crippen LogP contribution in [0.25, 0.3) is 0 Å². The highest BCUT2D eigenvalue weighted by atomic mass is 16.4. The van der Waals surface area contributed by atoms with Gasteiger partial charge in [-0.15, -0.1) is 0 Å². The maximum absolute atomic E-state index is 11.0. The van der Waals surface area contributed by atoms with Crippen LogP contribution in [-0.4, -0.2) is 33.3 Å². The number of hydrogen-bond acceptors (Lipinski definition) is 4. The van der Waals surface area contributed by atoms with E-state index in [9.17, 15) is 9.90 Å². The van der Waals surface area contributed by atoms with E-state index < -0.39 is 11.6 Å². The number of hydrogen-bond donors (Lipinski definition) is 3. The quantitative estimate of drug-likeness (QED) is 0.788. The number of rotatable bonds is 4. The molecule has 0 spiro atoms. The van der Waals surface area contributed by atoms with Gasteiger partial charge in [0.15, 0.2) is 0 Å². The van der Waals surface area contributed by atoms with Crippen LogP contribution in [0.5, 0.6) is 0 Å². The Kier molecular flexibility index (Phi) is 4.28. The number of aryl methyl sites for hydroxylation is 1. The van der Waals surface area contributed by atoms with Crippen LogP contribution in [0.15, 0.2) is 12.1 Å². The third-order valence-corrected chi connectivity index (χ3v) is 4.00. The minimum absolute atomic E-state index is 0.212. The minimum Gasteiger partial charge on any atom is -0.478 e.